The molecule has 0 aliphatic heterocycles. The molecule has 1 aliphatic carbocycles. The van der Waals surface area contributed by atoms with Gasteiger partial charge in [0.1, 0.15) is 0 Å². The van der Waals surface area contributed by atoms with Gasteiger partial charge in [-0.15, -0.1) is 6.58 Å². The standard InChI is InChI=1S/C10H17NO/c1-5-7(2)11-9(12)8-6-10(8,3)4/h5,7-8H,1,6H2,2-4H3,(H,11,12). The van der Waals surface area contributed by atoms with Gasteiger partial charge in [0, 0.05) is 12.0 Å². The Morgan fingerprint density at radius 3 is 2.58 bits per heavy atom. The summed E-state index contributed by atoms with van der Waals surface area (Å²) < 4.78 is 0. The van der Waals surface area contributed by atoms with Crippen LogP contribution in [0.25, 0.3) is 0 Å². The zero-order chi connectivity index (χ0) is 9.35. The van der Waals surface area contributed by atoms with E-state index in [0.717, 1.165) is 6.42 Å². The third-order valence-electron chi connectivity index (χ3n) is 2.55. The third kappa shape index (κ3) is 1.87. The summed E-state index contributed by atoms with van der Waals surface area (Å²) in [5, 5.41) is 2.89. The van der Waals surface area contributed by atoms with Crippen molar-refractivity contribution in [2.45, 2.75) is 33.2 Å². The SMILES string of the molecule is C=CC(C)NC(=O)C1CC1(C)C. The van der Waals surface area contributed by atoms with Crippen LogP contribution in [0.2, 0.25) is 0 Å². The molecule has 1 rings (SSSR count). The van der Waals surface area contributed by atoms with Crippen LogP contribution in [0.4, 0.5) is 0 Å². The minimum absolute atomic E-state index is 0.0916. The van der Waals surface area contributed by atoms with Crippen LogP contribution in [-0.4, -0.2) is 11.9 Å². The fourth-order valence-corrected chi connectivity index (χ4v) is 1.30. The number of nitrogens with one attached hydrogen (secondary N) is 1. The first-order valence-corrected chi connectivity index (χ1v) is 4.40. The Kier molecular flexibility index (Phi) is 2.27. The minimum Gasteiger partial charge on any atom is -0.350 e. The molecule has 1 aliphatic rings. The highest BCUT2D eigenvalue weighted by Gasteiger charge is 2.50. The molecule has 2 unspecified atom stereocenters. The maximum atomic E-state index is 11.4. The molecule has 0 spiro atoms. The maximum Gasteiger partial charge on any atom is 0.224 e. The first-order chi connectivity index (χ1) is 5.47. The quantitative estimate of drug-likeness (QED) is 0.637. The Morgan fingerprint density at radius 1 is 1.75 bits per heavy atom. The summed E-state index contributed by atoms with van der Waals surface area (Å²) in [6, 6.07) is 0.0916. The Bertz CT molecular complexity index is 208. The Labute approximate surface area is 74.0 Å². The fraction of sp³-hybridized carbons (Fsp3) is 0.700. The van der Waals surface area contributed by atoms with E-state index in [1.54, 1.807) is 6.08 Å². The van der Waals surface area contributed by atoms with E-state index in [9.17, 15) is 4.79 Å². The van der Waals surface area contributed by atoms with Crippen LogP contribution in [0.1, 0.15) is 27.2 Å². The van der Waals surface area contributed by atoms with Crippen molar-refractivity contribution in [2.75, 3.05) is 0 Å². The number of carbonyl (C=O) groups is 1. The molecule has 12 heavy (non-hydrogen) atoms. The summed E-state index contributed by atoms with van der Waals surface area (Å²) >= 11 is 0. The van der Waals surface area contributed by atoms with Gasteiger partial charge in [0.25, 0.3) is 0 Å². The van der Waals surface area contributed by atoms with Crippen LogP contribution >= 0.6 is 0 Å². The van der Waals surface area contributed by atoms with E-state index in [0.29, 0.717) is 0 Å². The molecule has 2 atom stereocenters. The molecule has 0 heterocycles. The van der Waals surface area contributed by atoms with Crippen LogP contribution in [0.5, 0.6) is 0 Å². The molecule has 68 valence electrons. The maximum absolute atomic E-state index is 11.4. The summed E-state index contributed by atoms with van der Waals surface area (Å²) in [7, 11) is 0. The normalized spacial score (nSPS) is 27.4. The number of carbonyl (C=O) groups excluding carboxylic acids is 1. The van der Waals surface area contributed by atoms with Crippen molar-refractivity contribution in [1.82, 2.24) is 5.32 Å². The molecule has 1 N–H and O–H groups in total. The lowest BCUT2D eigenvalue weighted by atomic mass is 10.1. The summed E-state index contributed by atoms with van der Waals surface area (Å²) in [5.41, 5.74) is 0.227. The van der Waals surface area contributed by atoms with E-state index in [1.807, 2.05) is 6.92 Å². The van der Waals surface area contributed by atoms with Crippen molar-refractivity contribution in [3.8, 4) is 0 Å². The Balaban J connectivity index is 2.36. The predicted molar refractivity (Wildman–Crippen MR) is 49.7 cm³/mol. The van der Waals surface area contributed by atoms with Crippen molar-refractivity contribution in [3.05, 3.63) is 12.7 Å². The lowest BCUT2D eigenvalue weighted by molar-refractivity contribution is -0.123. The fourth-order valence-electron chi connectivity index (χ4n) is 1.30. The number of rotatable bonds is 3. The molecule has 1 saturated carbocycles. The number of hydrogen-bond donors (Lipinski definition) is 1. The van der Waals surface area contributed by atoms with Gasteiger partial charge in [-0.1, -0.05) is 19.9 Å². The van der Waals surface area contributed by atoms with Gasteiger partial charge in [-0.2, -0.15) is 0 Å². The zero-order valence-electron chi connectivity index (χ0n) is 8.05. The largest absolute Gasteiger partial charge is 0.350 e. The number of hydrogen-bond acceptors (Lipinski definition) is 1. The summed E-state index contributed by atoms with van der Waals surface area (Å²) in [4.78, 5) is 11.4. The van der Waals surface area contributed by atoms with Crippen LogP contribution in [0.15, 0.2) is 12.7 Å². The van der Waals surface area contributed by atoms with E-state index < -0.39 is 0 Å². The Morgan fingerprint density at radius 2 is 2.25 bits per heavy atom. The summed E-state index contributed by atoms with van der Waals surface area (Å²) in [5.74, 6) is 0.396. The van der Waals surface area contributed by atoms with Gasteiger partial charge >= 0.3 is 0 Å². The average molecular weight is 167 g/mol. The highest BCUT2D eigenvalue weighted by molar-refractivity contribution is 5.82. The second-order valence-electron chi connectivity index (χ2n) is 4.28. The topological polar surface area (TPSA) is 29.1 Å². The van der Waals surface area contributed by atoms with Crippen molar-refractivity contribution >= 4 is 5.91 Å². The van der Waals surface area contributed by atoms with Crippen LogP contribution < -0.4 is 5.32 Å². The molecule has 0 aromatic carbocycles. The van der Waals surface area contributed by atoms with E-state index in [1.165, 1.54) is 0 Å². The highest BCUT2D eigenvalue weighted by atomic mass is 16.2. The van der Waals surface area contributed by atoms with Gasteiger partial charge in [-0.25, -0.2) is 0 Å². The second kappa shape index (κ2) is 2.92. The molecule has 2 heteroatoms. The van der Waals surface area contributed by atoms with Gasteiger partial charge in [0.15, 0.2) is 0 Å². The summed E-state index contributed by atoms with van der Waals surface area (Å²) in [6.07, 6.45) is 2.76. The molecule has 1 fully saturated rings. The van der Waals surface area contributed by atoms with E-state index in [4.69, 9.17) is 0 Å². The Hall–Kier alpha value is -0.790. The first kappa shape index (κ1) is 9.30. The molecule has 0 aromatic heterocycles. The van der Waals surface area contributed by atoms with Gasteiger partial charge in [0.05, 0.1) is 0 Å². The van der Waals surface area contributed by atoms with Crippen molar-refractivity contribution in [2.24, 2.45) is 11.3 Å². The van der Waals surface area contributed by atoms with Gasteiger partial charge in [-0.05, 0) is 18.8 Å². The van der Waals surface area contributed by atoms with Gasteiger partial charge in [0.2, 0.25) is 5.91 Å². The first-order valence-electron chi connectivity index (χ1n) is 4.40. The minimum atomic E-state index is 0.0916. The third-order valence-corrected chi connectivity index (χ3v) is 2.55. The molecular formula is C10H17NO. The van der Waals surface area contributed by atoms with Gasteiger partial charge in [-0.3, -0.25) is 4.79 Å². The van der Waals surface area contributed by atoms with E-state index in [2.05, 4.69) is 25.7 Å². The lowest BCUT2D eigenvalue weighted by Gasteiger charge is -2.09. The van der Waals surface area contributed by atoms with Crippen LogP contribution in [-0.2, 0) is 4.79 Å². The second-order valence-corrected chi connectivity index (χ2v) is 4.28. The average Bonchev–Trinajstić information content (AvgIpc) is 2.59. The van der Waals surface area contributed by atoms with E-state index in [-0.39, 0.29) is 23.3 Å². The smallest absolute Gasteiger partial charge is 0.224 e. The molecule has 0 bridgehead atoms. The number of amides is 1. The monoisotopic (exact) mass is 167 g/mol. The van der Waals surface area contributed by atoms with Crippen molar-refractivity contribution in [1.29, 1.82) is 0 Å². The van der Waals surface area contributed by atoms with E-state index >= 15 is 0 Å². The van der Waals surface area contributed by atoms with Crippen molar-refractivity contribution < 1.29 is 4.79 Å². The molecule has 0 radical (unpaired) electrons. The highest BCUT2D eigenvalue weighted by Crippen LogP contribution is 2.51. The molecule has 0 aromatic rings. The van der Waals surface area contributed by atoms with Crippen molar-refractivity contribution in [3.63, 3.8) is 0 Å². The predicted octanol–water partition coefficient (Wildman–Crippen LogP) is 1.72. The summed E-state index contributed by atoms with van der Waals surface area (Å²) in [6.45, 7) is 9.79. The van der Waals surface area contributed by atoms with Crippen LogP contribution in [0, 0.1) is 11.3 Å². The zero-order valence-corrected chi connectivity index (χ0v) is 8.05. The van der Waals surface area contributed by atoms with Crippen LogP contribution in [0.3, 0.4) is 0 Å². The molecular weight excluding hydrogens is 150 g/mol. The molecule has 2 nitrogen and oxygen atoms in total. The van der Waals surface area contributed by atoms with Gasteiger partial charge < -0.3 is 5.32 Å². The molecule has 0 saturated heterocycles. The lowest BCUT2D eigenvalue weighted by Crippen LogP contribution is -2.33. The molecule has 1 amide bonds.